The number of carbonyl (C=O) groups is 1. The molecule has 0 aliphatic carbocycles. The van der Waals surface area contributed by atoms with E-state index in [1.54, 1.807) is 25.3 Å². The zero-order chi connectivity index (χ0) is 13.0. The van der Waals surface area contributed by atoms with E-state index in [2.05, 4.69) is 25.8 Å². The molecule has 2 aromatic rings. The number of amides is 1. The molecule has 2 rings (SSSR count). The first-order valence-corrected chi connectivity index (χ1v) is 5.50. The van der Waals surface area contributed by atoms with Crippen molar-refractivity contribution in [1.29, 1.82) is 0 Å². The molecule has 0 radical (unpaired) electrons. The highest BCUT2D eigenvalue weighted by Crippen LogP contribution is 2.10. The average Bonchev–Trinajstić information content (AvgIpc) is 2.75. The van der Waals surface area contributed by atoms with Gasteiger partial charge in [-0.05, 0) is 19.1 Å². The fourth-order valence-electron chi connectivity index (χ4n) is 1.38. The van der Waals surface area contributed by atoms with E-state index in [1.807, 2.05) is 6.92 Å². The van der Waals surface area contributed by atoms with E-state index in [-0.39, 0.29) is 11.7 Å². The molecule has 2 aromatic heterocycles. The number of carbonyl (C=O) groups excluding carboxylic acids is 1. The van der Waals surface area contributed by atoms with Crippen LogP contribution in [0.25, 0.3) is 0 Å². The number of anilines is 2. The van der Waals surface area contributed by atoms with Crippen molar-refractivity contribution in [3.63, 3.8) is 0 Å². The molecule has 7 nitrogen and oxygen atoms in total. The molecule has 0 atom stereocenters. The normalized spacial score (nSPS) is 10.1. The summed E-state index contributed by atoms with van der Waals surface area (Å²) in [6.45, 7) is 4.39. The van der Waals surface area contributed by atoms with Crippen LogP contribution < -0.4 is 10.6 Å². The molecule has 0 unspecified atom stereocenters. The minimum absolute atomic E-state index is 0.0631. The maximum atomic E-state index is 11.9. The van der Waals surface area contributed by atoms with Crippen LogP contribution in [0, 0.1) is 6.92 Å². The summed E-state index contributed by atoms with van der Waals surface area (Å²) in [5.41, 5.74) is 1.11. The number of aryl methyl sites for hydroxylation is 1. The summed E-state index contributed by atoms with van der Waals surface area (Å²) < 4.78 is 5.06. The van der Waals surface area contributed by atoms with Crippen LogP contribution in [-0.2, 0) is 0 Å². The highest BCUT2D eigenvalue weighted by molar-refractivity contribution is 6.02. The van der Waals surface area contributed by atoms with Gasteiger partial charge in [0.2, 0.25) is 5.89 Å². The Bertz CT molecular complexity index is 552. The van der Waals surface area contributed by atoms with Crippen LogP contribution in [0.5, 0.6) is 0 Å². The zero-order valence-corrected chi connectivity index (χ0v) is 10.1. The number of nitrogens with one attached hydrogen (secondary N) is 2. The summed E-state index contributed by atoms with van der Waals surface area (Å²) >= 11 is 0. The second kappa shape index (κ2) is 5.26. The molecule has 0 aliphatic rings. The van der Waals surface area contributed by atoms with Crippen LogP contribution in [0.15, 0.2) is 22.7 Å². The highest BCUT2D eigenvalue weighted by Gasteiger charge is 2.11. The van der Waals surface area contributed by atoms with Gasteiger partial charge < -0.3 is 9.73 Å². The number of hydrogen-bond donors (Lipinski definition) is 2. The molecule has 94 valence electrons. The molecule has 0 saturated heterocycles. The van der Waals surface area contributed by atoms with Crippen molar-refractivity contribution in [2.24, 2.45) is 0 Å². The van der Waals surface area contributed by atoms with Gasteiger partial charge >= 0.3 is 6.01 Å². The molecule has 7 heteroatoms. The summed E-state index contributed by atoms with van der Waals surface area (Å²) in [7, 11) is 0. The predicted molar refractivity (Wildman–Crippen MR) is 65.4 cm³/mol. The number of hydrogen-bond acceptors (Lipinski definition) is 6. The van der Waals surface area contributed by atoms with E-state index in [0.717, 1.165) is 12.2 Å². The summed E-state index contributed by atoms with van der Waals surface area (Å²) in [4.78, 5) is 15.8. The van der Waals surface area contributed by atoms with Gasteiger partial charge in [-0.25, -0.2) is 0 Å². The Balaban J connectivity index is 2.11. The fraction of sp³-hybridized carbons (Fsp3) is 0.273. The maximum absolute atomic E-state index is 11.9. The summed E-state index contributed by atoms with van der Waals surface area (Å²) in [6.07, 6.45) is 1.56. The Labute approximate surface area is 104 Å². The largest absolute Gasteiger partial charge is 0.408 e. The smallest absolute Gasteiger partial charge is 0.322 e. The molecule has 2 N–H and O–H groups in total. The Kier molecular flexibility index (Phi) is 3.52. The van der Waals surface area contributed by atoms with Crippen molar-refractivity contribution in [2.75, 3.05) is 17.2 Å². The highest BCUT2D eigenvalue weighted by atomic mass is 16.4. The first-order chi connectivity index (χ1) is 8.69. The van der Waals surface area contributed by atoms with Gasteiger partial charge in [-0.2, -0.15) is 0 Å². The maximum Gasteiger partial charge on any atom is 0.322 e. The molecule has 18 heavy (non-hydrogen) atoms. The van der Waals surface area contributed by atoms with E-state index in [9.17, 15) is 4.79 Å². The van der Waals surface area contributed by atoms with E-state index in [1.165, 1.54) is 0 Å². The Morgan fingerprint density at radius 3 is 2.94 bits per heavy atom. The van der Waals surface area contributed by atoms with Crippen molar-refractivity contribution < 1.29 is 9.21 Å². The molecule has 0 saturated carbocycles. The Hall–Kier alpha value is -2.44. The molecule has 1 amide bonds. The zero-order valence-electron chi connectivity index (χ0n) is 10.1. The van der Waals surface area contributed by atoms with Gasteiger partial charge in [0, 0.05) is 25.4 Å². The number of rotatable bonds is 4. The van der Waals surface area contributed by atoms with E-state index >= 15 is 0 Å². The lowest BCUT2D eigenvalue weighted by molar-refractivity contribution is 0.101. The number of pyridine rings is 1. The third-order valence-electron chi connectivity index (χ3n) is 2.12. The Morgan fingerprint density at radius 2 is 2.28 bits per heavy atom. The number of nitrogens with zero attached hydrogens (tertiary/aromatic N) is 3. The van der Waals surface area contributed by atoms with Crippen LogP contribution in [0.1, 0.15) is 23.3 Å². The van der Waals surface area contributed by atoms with Crippen LogP contribution >= 0.6 is 0 Å². The van der Waals surface area contributed by atoms with E-state index < -0.39 is 5.91 Å². The van der Waals surface area contributed by atoms with Gasteiger partial charge in [0.25, 0.3) is 5.91 Å². The van der Waals surface area contributed by atoms with E-state index in [4.69, 9.17) is 4.42 Å². The lowest BCUT2D eigenvalue weighted by atomic mass is 10.3. The fourth-order valence-corrected chi connectivity index (χ4v) is 1.38. The minimum Gasteiger partial charge on any atom is -0.408 e. The molecular weight excluding hydrogens is 234 g/mol. The monoisotopic (exact) mass is 247 g/mol. The second-order valence-electron chi connectivity index (χ2n) is 3.54. The van der Waals surface area contributed by atoms with Crippen molar-refractivity contribution in [3.05, 3.63) is 29.9 Å². The quantitative estimate of drug-likeness (QED) is 0.849. The lowest BCUT2D eigenvalue weighted by Gasteiger charge is -2.04. The Morgan fingerprint density at radius 1 is 1.44 bits per heavy atom. The number of aromatic nitrogens is 3. The molecular formula is C11H13N5O2. The standard InChI is InChI=1S/C11H13N5O2/c1-3-12-8-4-5-13-9(6-8)10(17)14-11-16-15-7(2)18-11/h4-6H,3H2,1-2H3,(H,12,13)(H,14,16,17). The molecule has 0 bridgehead atoms. The molecule has 0 aromatic carbocycles. The third kappa shape index (κ3) is 2.82. The molecule has 0 spiro atoms. The van der Waals surface area contributed by atoms with Crippen LogP contribution in [0.4, 0.5) is 11.7 Å². The SMILES string of the molecule is CCNc1ccnc(C(=O)Nc2nnc(C)o2)c1. The van der Waals surface area contributed by atoms with Gasteiger partial charge in [-0.3, -0.25) is 15.1 Å². The van der Waals surface area contributed by atoms with Gasteiger partial charge in [0.15, 0.2) is 0 Å². The molecule has 0 aliphatic heterocycles. The van der Waals surface area contributed by atoms with Gasteiger partial charge in [-0.15, -0.1) is 5.10 Å². The van der Waals surface area contributed by atoms with Gasteiger partial charge in [0.1, 0.15) is 5.69 Å². The lowest BCUT2D eigenvalue weighted by Crippen LogP contribution is -2.14. The summed E-state index contributed by atoms with van der Waals surface area (Å²) in [5.74, 6) is -0.00179. The van der Waals surface area contributed by atoms with Crippen molar-refractivity contribution >= 4 is 17.6 Å². The average molecular weight is 247 g/mol. The molecule has 0 fully saturated rings. The first-order valence-electron chi connectivity index (χ1n) is 5.50. The van der Waals surface area contributed by atoms with Crippen LogP contribution in [0.3, 0.4) is 0 Å². The van der Waals surface area contributed by atoms with Crippen molar-refractivity contribution in [2.45, 2.75) is 13.8 Å². The summed E-state index contributed by atoms with van der Waals surface area (Å²) in [5, 5.41) is 12.9. The topological polar surface area (TPSA) is 92.9 Å². The first kappa shape index (κ1) is 12.0. The van der Waals surface area contributed by atoms with Crippen molar-refractivity contribution in [3.8, 4) is 0 Å². The summed E-state index contributed by atoms with van der Waals surface area (Å²) in [6, 6.07) is 3.51. The molecule has 2 heterocycles. The van der Waals surface area contributed by atoms with Gasteiger partial charge in [-0.1, -0.05) is 5.10 Å². The predicted octanol–water partition coefficient (Wildman–Crippen LogP) is 1.46. The van der Waals surface area contributed by atoms with Crippen LogP contribution in [0.2, 0.25) is 0 Å². The van der Waals surface area contributed by atoms with E-state index in [0.29, 0.717) is 5.89 Å². The third-order valence-corrected chi connectivity index (χ3v) is 2.12. The van der Waals surface area contributed by atoms with Gasteiger partial charge in [0.05, 0.1) is 0 Å². The van der Waals surface area contributed by atoms with Crippen molar-refractivity contribution in [1.82, 2.24) is 15.2 Å². The van der Waals surface area contributed by atoms with Crippen LogP contribution in [-0.4, -0.2) is 27.6 Å². The minimum atomic E-state index is -0.390. The second-order valence-corrected chi connectivity index (χ2v) is 3.54.